The van der Waals surface area contributed by atoms with Crippen LogP contribution in [0.2, 0.25) is 0 Å². The van der Waals surface area contributed by atoms with Crippen LogP contribution in [-0.2, 0) is 15.8 Å². The summed E-state index contributed by atoms with van der Waals surface area (Å²) < 4.78 is 38.9. The van der Waals surface area contributed by atoms with Gasteiger partial charge in [0.05, 0.1) is 5.56 Å². The molecule has 2 aliphatic carbocycles. The van der Waals surface area contributed by atoms with E-state index in [1.165, 1.54) is 19.1 Å². The lowest BCUT2D eigenvalue weighted by Crippen LogP contribution is -2.40. The quantitative estimate of drug-likeness (QED) is 0.871. The van der Waals surface area contributed by atoms with Crippen molar-refractivity contribution in [2.45, 2.75) is 45.2 Å². The van der Waals surface area contributed by atoms with Gasteiger partial charge in [-0.15, -0.1) is 0 Å². The summed E-state index contributed by atoms with van der Waals surface area (Å²) in [5, 5.41) is 2.61. The number of anilines is 1. The molecule has 0 aromatic heterocycles. The molecular weight excluding hydrogens is 319 g/mol. The van der Waals surface area contributed by atoms with Gasteiger partial charge in [-0.3, -0.25) is 9.59 Å². The normalized spacial score (nSPS) is 27.0. The highest BCUT2D eigenvalue weighted by Gasteiger charge is 2.41. The number of nitrogens with one attached hydrogen (secondary N) is 1. The minimum Gasteiger partial charge on any atom is -0.326 e. The van der Waals surface area contributed by atoms with Crippen molar-refractivity contribution in [3.05, 3.63) is 29.3 Å². The van der Waals surface area contributed by atoms with E-state index in [-0.39, 0.29) is 40.7 Å². The van der Waals surface area contributed by atoms with Crippen molar-refractivity contribution in [3.8, 4) is 0 Å². The lowest BCUT2D eigenvalue weighted by atomic mass is 9.67. The van der Waals surface area contributed by atoms with Crippen LogP contribution in [0.3, 0.4) is 0 Å². The maximum atomic E-state index is 13.0. The van der Waals surface area contributed by atoms with Gasteiger partial charge in [0.2, 0.25) is 5.91 Å². The number of hydrogen-bond acceptors (Lipinski definition) is 2. The van der Waals surface area contributed by atoms with E-state index in [1.54, 1.807) is 0 Å². The maximum absolute atomic E-state index is 13.0. The van der Waals surface area contributed by atoms with Crippen molar-refractivity contribution in [2.24, 2.45) is 17.8 Å². The number of hydrogen-bond donors (Lipinski definition) is 1. The Morgan fingerprint density at radius 3 is 2.38 bits per heavy atom. The molecule has 2 aliphatic rings. The minimum absolute atomic E-state index is 0.0583. The summed E-state index contributed by atoms with van der Waals surface area (Å²) in [5.74, 6) is -0.431. The van der Waals surface area contributed by atoms with Crippen LogP contribution in [0, 0.1) is 24.7 Å². The first-order chi connectivity index (χ1) is 11.3. The van der Waals surface area contributed by atoms with Crippen LogP contribution in [0.5, 0.6) is 0 Å². The number of ketones is 1. The summed E-state index contributed by atoms with van der Waals surface area (Å²) in [5.41, 5.74) is -0.464. The van der Waals surface area contributed by atoms with Gasteiger partial charge >= 0.3 is 6.18 Å². The van der Waals surface area contributed by atoms with E-state index in [2.05, 4.69) is 5.32 Å². The summed E-state index contributed by atoms with van der Waals surface area (Å²) in [4.78, 5) is 24.5. The number of carbonyl (C=O) groups is 2. The van der Waals surface area contributed by atoms with Crippen LogP contribution in [0.15, 0.2) is 18.2 Å². The fraction of sp³-hybridized carbons (Fsp3) is 0.556. The fourth-order valence-corrected chi connectivity index (χ4v) is 3.94. The highest BCUT2D eigenvalue weighted by Crippen LogP contribution is 2.40. The molecule has 3 rings (SSSR count). The van der Waals surface area contributed by atoms with Crippen LogP contribution in [0.25, 0.3) is 0 Å². The molecule has 0 saturated heterocycles. The standard InChI is InChI=1S/C18H20F3NO2/c1-10-5-6-14(9-15(10)18(19,20)21)22-17(24)13-7-11-3-2-4-12(8-13)16(11)23/h5-6,9,11-13H,2-4,7-8H2,1H3,(H,22,24). The van der Waals surface area contributed by atoms with Gasteiger partial charge in [0.25, 0.3) is 0 Å². The summed E-state index contributed by atoms with van der Waals surface area (Å²) in [7, 11) is 0. The topological polar surface area (TPSA) is 46.2 Å². The van der Waals surface area contributed by atoms with Crippen molar-refractivity contribution >= 4 is 17.4 Å². The predicted octanol–water partition coefficient (Wildman–Crippen LogP) is 4.35. The zero-order chi connectivity index (χ0) is 17.5. The van der Waals surface area contributed by atoms with E-state index in [0.29, 0.717) is 12.8 Å². The molecule has 1 aromatic carbocycles. The number of halogens is 3. The molecular formula is C18H20F3NO2. The SMILES string of the molecule is Cc1ccc(NC(=O)C2CC3CCCC(C2)C3=O)cc1C(F)(F)F. The third kappa shape index (κ3) is 3.32. The van der Waals surface area contributed by atoms with Crippen LogP contribution < -0.4 is 5.32 Å². The van der Waals surface area contributed by atoms with Gasteiger partial charge < -0.3 is 5.32 Å². The second-order valence-corrected chi connectivity index (χ2v) is 6.91. The second-order valence-electron chi connectivity index (χ2n) is 6.91. The molecule has 1 aromatic rings. The smallest absolute Gasteiger partial charge is 0.326 e. The van der Waals surface area contributed by atoms with Gasteiger partial charge in [0.15, 0.2) is 0 Å². The molecule has 130 valence electrons. The fourth-order valence-electron chi connectivity index (χ4n) is 3.94. The Bertz CT molecular complexity index is 653. The van der Waals surface area contributed by atoms with E-state index < -0.39 is 11.7 Å². The monoisotopic (exact) mass is 339 g/mol. The Hall–Kier alpha value is -1.85. The first-order valence-electron chi connectivity index (χ1n) is 8.28. The van der Waals surface area contributed by atoms with Gasteiger partial charge in [-0.05, 0) is 50.3 Å². The van der Waals surface area contributed by atoms with Crippen LogP contribution in [0.1, 0.15) is 43.2 Å². The number of rotatable bonds is 2. The van der Waals surface area contributed by atoms with Crippen LogP contribution in [0.4, 0.5) is 18.9 Å². The van der Waals surface area contributed by atoms with Gasteiger partial charge in [0.1, 0.15) is 5.78 Å². The average Bonchev–Trinajstić information content (AvgIpc) is 2.47. The second kappa shape index (κ2) is 6.22. The van der Waals surface area contributed by atoms with Gasteiger partial charge in [-0.1, -0.05) is 12.5 Å². The Labute approximate surface area is 138 Å². The van der Waals surface area contributed by atoms with Gasteiger partial charge in [-0.25, -0.2) is 0 Å². The molecule has 0 aliphatic heterocycles. The molecule has 2 saturated carbocycles. The predicted molar refractivity (Wildman–Crippen MR) is 83.4 cm³/mol. The Morgan fingerprint density at radius 1 is 1.17 bits per heavy atom. The van der Waals surface area contributed by atoms with Crippen molar-refractivity contribution < 1.29 is 22.8 Å². The molecule has 0 radical (unpaired) electrons. The van der Waals surface area contributed by atoms with E-state index in [4.69, 9.17) is 0 Å². The average molecular weight is 339 g/mol. The molecule has 2 fully saturated rings. The third-order valence-electron chi connectivity index (χ3n) is 5.23. The van der Waals surface area contributed by atoms with Gasteiger partial charge in [-0.2, -0.15) is 13.2 Å². The minimum atomic E-state index is -4.45. The zero-order valence-corrected chi connectivity index (χ0v) is 13.5. The number of carbonyl (C=O) groups excluding carboxylic acids is 2. The molecule has 6 heteroatoms. The van der Waals surface area contributed by atoms with E-state index in [0.717, 1.165) is 25.3 Å². The first-order valence-corrected chi connectivity index (χ1v) is 8.28. The molecule has 24 heavy (non-hydrogen) atoms. The lowest BCUT2D eigenvalue weighted by Gasteiger charge is -2.36. The van der Waals surface area contributed by atoms with E-state index in [1.807, 2.05) is 0 Å². The lowest BCUT2D eigenvalue weighted by molar-refractivity contribution is -0.138. The summed E-state index contributed by atoms with van der Waals surface area (Å²) >= 11 is 0. The molecule has 2 atom stereocenters. The van der Waals surface area contributed by atoms with Crippen molar-refractivity contribution in [1.82, 2.24) is 0 Å². The summed E-state index contributed by atoms with van der Waals surface area (Å²) in [6.45, 7) is 1.39. The zero-order valence-electron chi connectivity index (χ0n) is 13.5. The Kier molecular flexibility index (Phi) is 4.40. The number of fused-ring (bicyclic) bond motifs is 2. The number of alkyl halides is 3. The van der Waals surface area contributed by atoms with Gasteiger partial charge in [0, 0.05) is 23.4 Å². The molecule has 1 amide bonds. The number of aryl methyl sites for hydroxylation is 1. The van der Waals surface area contributed by atoms with E-state index >= 15 is 0 Å². The maximum Gasteiger partial charge on any atom is 0.416 e. The highest BCUT2D eigenvalue weighted by molar-refractivity contribution is 5.95. The summed E-state index contributed by atoms with van der Waals surface area (Å²) in [6.07, 6.45) is -0.760. The molecule has 2 bridgehead atoms. The van der Waals surface area contributed by atoms with Crippen molar-refractivity contribution in [3.63, 3.8) is 0 Å². The molecule has 0 spiro atoms. The molecule has 2 unspecified atom stereocenters. The number of Topliss-reactive ketones (excluding diaryl/α,β-unsaturated/α-hetero) is 1. The first kappa shape index (κ1) is 17.0. The third-order valence-corrected chi connectivity index (χ3v) is 5.23. The largest absolute Gasteiger partial charge is 0.416 e. The van der Waals surface area contributed by atoms with Crippen molar-refractivity contribution in [2.75, 3.05) is 5.32 Å². The van der Waals surface area contributed by atoms with E-state index in [9.17, 15) is 22.8 Å². The summed E-state index contributed by atoms with van der Waals surface area (Å²) in [6, 6.07) is 3.82. The Morgan fingerprint density at radius 2 is 1.79 bits per heavy atom. The molecule has 0 heterocycles. The highest BCUT2D eigenvalue weighted by atomic mass is 19.4. The number of benzene rings is 1. The van der Waals surface area contributed by atoms with Crippen molar-refractivity contribution in [1.29, 1.82) is 0 Å². The molecule has 1 N–H and O–H groups in total. The Balaban J connectivity index is 1.73. The number of amides is 1. The van der Waals surface area contributed by atoms with Crippen LogP contribution in [-0.4, -0.2) is 11.7 Å². The molecule has 3 nitrogen and oxygen atoms in total. The van der Waals surface area contributed by atoms with Crippen LogP contribution >= 0.6 is 0 Å².